The van der Waals surface area contributed by atoms with Gasteiger partial charge in [0.1, 0.15) is 0 Å². The van der Waals surface area contributed by atoms with Gasteiger partial charge < -0.3 is 37.2 Å². The fourth-order valence-corrected chi connectivity index (χ4v) is 10.9. The second-order valence-corrected chi connectivity index (χ2v) is 12.8. The SMILES string of the molecule is CC1=[C-]C(C)([Si](C)(c2ccccc2)C2CCCCC2)C(C)=C1C.[Cl-].[Cl-].[Cl-].[Ti+4]. The normalized spacial score (nSPS) is 24.4. The molecule has 27 heavy (non-hydrogen) atoms. The molecular weight excluding hydrogens is 447 g/mol. The number of benzene rings is 1. The van der Waals surface area contributed by atoms with Gasteiger partial charge in [0.15, 0.2) is 0 Å². The Bertz CT molecular complexity index is 653. The molecule has 0 saturated heterocycles. The molecule has 2 atom stereocenters. The van der Waals surface area contributed by atoms with Gasteiger partial charge in [0.05, 0.1) is 8.07 Å². The zero-order valence-electron chi connectivity index (χ0n) is 17.1. The number of hydrogen-bond acceptors (Lipinski definition) is 0. The first kappa shape index (κ1) is 29.7. The van der Waals surface area contributed by atoms with Crippen LogP contribution in [-0.2, 0) is 21.7 Å². The minimum Gasteiger partial charge on any atom is -1.00 e. The van der Waals surface area contributed by atoms with E-state index in [1.807, 2.05) is 0 Å². The molecule has 2 unspecified atom stereocenters. The van der Waals surface area contributed by atoms with Crippen LogP contribution >= 0.6 is 0 Å². The first-order chi connectivity index (χ1) is 10.9. The van der Waals surface area contributed by atoms with Gasteiger partial charge in [-0.3, -0.25) is 6.08 Å². The Hall–Kier alpha value is 0.501. The Kier molecular flexibility index (Phi) is 12.8. The van der Waals surface area contributed by atoms with Gasteiger partial charge in [0.25, 0.3) is 0 Å². The van der Waals surface area contributed by atoms with E-state index >= 15 is 0 Å². The Morgan fingerprint density at radius 1 is 0.926 bits per heavy atom. The molecule has 0 spiro atoms. The summed E-state index contributed by atoms with van der Waals surface area (Å²) in [7, 11) is -1.75. The van der Waals surface area contributed by atoms with Crippen molar-refractivity contribution in [1.82, 2.24) is 0 Å². The van der Waals surface area contributed by atoms with Crippen LogP contribution in [0, 0.1) is 6.08 Å². The van der Waals surface area contributed by atoms with Gasteiger partial charge >= 0.3 is 21.7 Å². The Morgan fingerprint density at radius 3 is 1.89 bits per heavy atom. The fraction of sp³-hybridized carbons (Fsp3) is 0.545. The third-order valence-electron chi connectivity index (χ3n) is 7.15. The van der Waals surface area contributed by atoms with E-state index in [1.165, 1.54) is 43.3 Å². The van der Waals surface area contributed by atoms with E-state index in [0.29, 0.717) is 0 Å². The number of rotatable bonds is 3. The molecule has 1 aromatic rings. The fourth-order valence-electron chi connectivity index (χ4n) is 5.14. The minimum atomic E-state index is -1.75. The predicted molar refractivity (Wildman–Crippen MR) is 104 cm³/mol. The van der Waals surface area contributed by atoms with Crippen LogP contribution in [0.4, 0.5) is 0 Å². The monoisotopic (exact) mass is 476 g/mol. The molecule has 3 rings (SSSR count). The van der Waals surface area contributed by atoms with Gasteiger partial charge in [0.2, 0.25) is 0 Å². The van der Waals surface area contributed by atoms with Gasteiger partial charge in [-0.1, -0.05) is 100.0 Å². The van der Waals surface area contributed by atoms with Crippen LogP contribution in [0.15, 0.2) is 47.1 Å². The number of allylic oxidation sites excluding steroid dienone is 4. The first-order valence-corrected chi connectivity index (χ1v) is 11.8. The quantitative estimate of drug-likeness (QED) is 0.325. The van der Waals surface area contributed by atoms with Crippen LogP contribution in [0.2, 0.25) is 17.1 Å². The van der Waals surface area contributed by atoms with Gasteiger partial charge in [0, 0.05) is 0 Å². The Morgan fingerprint density at radius 2 is 1.44 bits per heavy atom. The molecule has 0 bridgehead atoms. The van der Waals surface area contributed by atoms with E-state index in [1.54, 1.807) is 10.8 Å². The van der Waals surface area contributed by atoms with Crippen molar-refractivity contribution in [3.05, 3.63) is 53.1 Å². The Labute approximate surface area is 201 Å². The molecule has 0 amide bonds. The third-order valence-corrected chi connectivity index (χ3v) is 13.5. The van der Waals surface area contributed by atoms with Crippen LogP contribution in [0.1, 0.15) is 59.8 Å². The number of halogens is 3. The van der Waals surface area contributed by atoms with E-state index in [0.717, 1.165) is 5.54 Å². The van der Waals surface area contributed by atoms with Gasteiger partial charge in [-0.05, 0) is 5.54 Å². The predicted octanol–water partition coefficient (Wildman–Crippen LogP) is -2.82. The zero-order chi connectivity index (χ0) is 16.7. The molecule has 1 fully saturated rings. The average Bonchev–Trinajstić information content (AvgIpc) is 2.80. The van der Waals surface area contributed by atoms with Crippen LogP contribution in [0.5, 0.6) is 0 Å². The van der Waals surface area contributed by atoms with Crippen molar-refractivity contribution in [1.29, 1.82) is 0 Å². The van der Waals surface area contributed by atoms with E-state index < -0.39 is 8.07 Å². The molecule has 0 heterocycles. The standard InChI is InChI=1S/C22H31Si.3ClH.Ti/c1-17-16-22(4,19(3)18(17)2)23(5,20-12-8-6-9-13-20)21-14-10-7-11-15-21;;;;/h6,8-9,12-13,21H,7,10-11,14-15H2,1-5H3;3*1H;/q-1;;;;+4/p-3. The molecule has 1 aromatic carbocycles. The van der Waals surface area contributed by atoms with E-state index in [-0.39, 0.29) is 64.0 Å². The maximum absolute atomic E-state index is 3.97. The average molecular weight is 478 g/mol. The molecule has 0 nitrogen and oxygen atoms in total. The summed E-state index contributed by atoms with van der Waals surface area (Å²) in [5.74, 6) is 0. The van der Waals surface area contributed by atoms with Gasteiger partial charge in [-0.15, -0.1) is 6.92 Å². The third kappa shape index (κ3) is 4.98. The van der Waals surface area contributed by atoms with Crippen molar-refractivity contribution < 1.29 is 58.9 Å². The second-order valence-electron chi connectivity index (χ2n) is 8.03. The summed E-state index contributed by atoms with van der Waals surface area (Å²) in [4.78, 5) is 0. The zero-order valence-corrected chi connectivity index (χ0v) is 22.0. The molecule has 1 saturated carbocycles. The van der Waals surface area contributed by atoms with E-state index in [2.05, 4.69) is 70.6 Å². The van der Waals surface area contributed by atoms with Gasteiger partial charge in [-0.25, -0.2) is 5.57 Å². The largest absolute Gasteiger partial charge is 4.00 e. The molecule has 5 heteroatoms. The molecule has 0 aliphatic heterocycles. The summed E-state index contributed by atoms with van der Waals surface area (Å²) >= 11 is 0. The summed E-state index contributed by atoms with van der Waals surface area (Å²) in [5, 5.41) is 1.77. The van der Waals surface area contributed by atoms with E-state index in [4.69, 9.17) is 0 Å². The summed E-state index contributed by atoms with van der Waals surface area (Å²) in [5.41, 5.74) is 5.33. The molecular formula is C22H31Cl3SiTi. The van der Waals surface area contributed by atoms with Crippen molar-refractivity contribution in [3.8, 4) is 0 Å². The van der Waals surface area contributed by atoms with Gasteiger partial charge in [-0.2, -0.15) is 11.1 Å². The molecule has 0 radical (unpaired) electrons. The summed E-state index contributed by atoms with van der Waals surface area (Å²) in [6.45, 7) is 12.1. The van der Waals surface area contributed by atoms with Crippen LogP contribution in [0.3, 0.4) is 0 Å². The maximum atomic E-state index is 3.97. The molecule has 0 aromatic heterocycles. The van der Waals surface area contributed by atoms with Crippen LogP contribution in [-0.4, -0.2) is 8.07 Å². The van der Waals surface area contributed by atoms with E-state index in [9.17, 15) is 0 Å². The van der Waals surface area contributed by atoms with Crippen molar-refractivity contribution in [3.63, 3.8) is 0 Å². The Balaban J connectivity index is 0. The maximum Gasteiger partial charge on any atom is 4.00 e. The summed E-state index contributed by atoms with van der Waals surface area (Å²) in [6, 6.07) is 11.5. The number of hydrogen-bond donors (Lipinski definition) is 0. The molecule has 2 aliphatic rings. The van der Waals surface area contributed by atoms with Crippen LogP contribution < -0.4 is 42.4 Å². The van der Waals surface area contributed by atoms with Crippen LogP contribution in [0.25, 0.3) is 0 Å². The summed E-state index contributed by atoms with van der Waals surface area (Å²) < 4.78 is 0. The summed E-state index contributed by atoms with van der Waals surface area (Å²) in [6.07, 6.45) is 11.1. The smallest absolute Gasteiger partial charge is 1.00 e. The molecule has 2 aliphatic carbocycles. The topological polar surface area (TPSA) is 0 Å². The molecule has 0 N–H and O–H groups in total. The minimum absolute atomic E-state index is 0. The second kappa shape index (κ2) is 11.6. The molecule has 148 valence electrons. The van der Waals surface area contributed by atoms with Crippen molar-refractivity contribution >= 4 is 13.3 Å². The first-order valence-electron chi connectivity index (χ1n) is 9.27. The van der Waals surface area contributed by atoms with Crippen molar-refractivity contribution in [2.24, 2.45) is 0 Å². The van der Waals surface area contributed by atoms with Crippen molar-refractivity contribution in [2.45, 2.75) is 76.9 Å². The van der Waals surface area contributed by atoms with Crippen molar-refractivity contribution in [2.75, 3.05) is 0 Å².